The van der Waals surface area contributed by atoms with Gasteiger partial charge in [0.1, 0.15) is 0 Å². The monoisotopic (exact) mass is 696 g/mol. The molecule has 0 bridgehead atoms. The van der Waals surface area contributed by atoms with Crippen LogP contribution in [0.5, 0.6) is 17.2 Å². The molecule has 0 radical (unpaired) electrons. The zero-order valence-corrected chi connectivity index (χ0v) is 31.9. The van der Waals surface area contributed by atoms with Crippen molar-refractivity contribution in [3.63, 3.8) is 0 Å². The molecule has 1 aliphatic rings. The van der Waals surface area contributed by atoms with Gasteiger partial charge in [-0.3, -0.25) is 6.08 Å². The van der Waals surface area contributed by atoms with E-state index in [0.29, 0.717) is 0 Å². The third-order valence-electron chi connectivity index (χ3n) is 7.64. The van der Waals surface area contributed by atoms with Crippen LogP contribution in [0.2, 0.25) is 0 Å². The summed E-state index contributed by atoms with van der Waals surface area (Å²) in [5, 5.41) is 30.8. The van der Waals surface area contributed by atoms with Gasteiger partial charge in [-0.15, -0.1) is 24.2 Å². The van der Waals surface area contributed by atoms with E-state index in [0.717, 1.165) is 0 Å². The third-order valence-corrected chi connectivity index (χ3v) is 7.64. The van der Waals surface area contributed by atoms with Gasteiger partial charge in [-0.2, -0.15) is 11.1 Å². The Morgan fingerprint density at radius 3 is 0.940 bits per heavy atom. The van der Waals surface area contributed by atoms with Gasteiger partial charge in [-0.05, 0) is 25.0 Å². The summed E-state index contributed by atoms with van der Waals surface area (Å²) in [5.41, 5.74) is 9.44. The molecule has 1 aliphatic carbocycles. The second-order valence-electron chi connectivity index (χ2n) is 12.1. The van der Waals surface area contributed by atoms with Crippen LogP contribution in [0.3, 0.4) is 0 Å². The van der Waals surface area contributed by atoms with E-state index in [4.69, 9.17) is 0 Å². The molecule has 5 aromatic carbocycles. The molecule has 50 heavy (non-hydrogen) atoms. The largest absolute Gasteiger partial charge is 4.00 e. The average Bonchev–Trinajstić information content (AvgIpc) is 3.27. The van der Waals surface area contributed by atoms with Crippen molar-refractivity contribution < 1.29 is 37.0 Å². The molecule has 0 heterocycles. The molecule has 0 aromatic heterocycles. The molecule has 0 saturated heterocycles. The van der Waals surface area contributed by atoms with Crippen LogP contribution < -0.4 is 15.3 Å². The molecule has 254 valence electrons. The molecule has 5 aromatic rings. The number of benzene rings is 5. The fourth-order valence-electron chi connectivity index (χ4n) is 4.36. The summed E-state index contributed by atoms with van der Waals surface area (Å²) in [7, 11) is 0. The summed E-state index contributed by atoms with van der Waals surface area (Å²) in [6.45, 7) is 15.1. The molecule has 0 fully saturated rings. The molecule has 0 atom stereocenters. The number of hydrogen-bond acceptors (Lipinski definition) is 3. The van der Waals surface area contributed by atoms with E-state index in [2.05, 4.69) is 127 Å². The molecule has 4 heteroatoms. The second kappa shape index (κ2) is 23.5. The fourth-order valence-corrected chi connectivity index (χ4v) is 4.36. The van der Waals surface area contributed by atoms with E-state index < -0.39 is 0 Å². The number of hydrogen-bond donors (Lipinski definition) is 0. The van der Waals surface area contributed by atoms with Crippen molar-refractivity contribution in [2.45, 2.75) is 48.5 Å². The fraction of sp³-hybridized carbons (Fsp3) is 0.174. The van der Waals surface area contributed by atoms with E-state index in [-0.39, 0.29) is 44.4 Å². The summed E-state index contributed by atoms with van der Waals surface area (Å²) < 4.78 is 0. The van der Waals surface area contributed by atoms with E-state index >= 15 is 0 Å². The zero-order valence-electron chi connectivity index (χ0n) is 30.3. The third kappa shape index (κ3) is 18.1. The number of rotatable bonds is 3. The first-order valence-electron chi connectivity index (χ1n) is 16.3. The minimum absolute atomic E-state index is 0. The molecule has 0 aliphatic heterocycles. The van der Waals surface area contributed by atoms with Gasteiger partial charge in [0.25, 0.3) is 0 Å². The van der Waals surface area contributed by atoms with Crippen LogP contribution in [0.4, 0.5) is 0 Å². The standard InChI is InChI=1S/C18H18.C10H15.3C6H6O.Ti/c1-15-7-11-17(12-8-15)5-3-4-6-18-13-9-16(2)10-14-18;1-7-6-10(4,5)9(3)8(7)2;3*7-6-4-2-1-3-5-6;/h3-14H,1-2H3;1-5H3;3*1-5,7H;/q;-1;;;;+4/p-3. The summed E-state index contributed by atoms with van der Waals surface area (Å²) in [6.07, 6.45) is 11.8. The van der Waals surface area contributed by atoms with E-state index in [1.807, 2.05) is 18.2 Å². The molecule has 0 spiro atoms. The Bertz CT molecular complexity index is 1610. The normalized spacial score (nSPS) is 12.4. The summed E-state index contributed by atoms with van der Waals surface area (Å²) in [4.78, 5) is 0. The van der Waals surface area contributed by atoms with Gasteiger partial charge in [-0.1, -0.05) is 208 Å². The maximum Gasteiger partial charge on any atom is 4.00 e. The van der Waals surface area contributed by atoms with Crippen molar-refractivity contribution in [1.82, 2.24) is 0 Å². The van der Waals surface area contributed by atoms with E-state index in [1.165, 1.54) is 75.4 Å². The van der Waals surface area contributed by atoms with Gasteiger partial charge in [0.05, 0.1) is 0 Å². The Morgan fingerprint density at radius 2 is 0.760 bits per heavy atom. The molecular formula is C46H48O3Ti. The molecule has 3 nitrogen and oxygen atoms in total. The predicted octanol–water partition coefficient (Wildman–Crippen LogP) is 10.4. The van der Waals surface area contributed by atoms with Crippen LogP contribution in [-0.2, 0) is 21.7 Å². The molecule has 0 saturated carbocycles. The molecule has 0 amide bonds. The van der Waals surface area contributed by atoms with E-state index in [9.17, 15) is 15.3 Å². The number of aryl methyl sites for hydroxylation is 2. The van der Waals surface area contributed by atoms with Gasteiger partial charge in [0.15, 0.2) is 0 Å². The van der Waals surface area contributed by atoms with Crippen molar-refractivity contribution in [3.05, 3.63) is 197 Å². The van der Waals surface area contributed by atoms with E-state index in [1.54, 1.807) is 36.4 Å². The van der Waals surface area contributed by atoms with Crippen molar-refractivity contribution in [2.24, 2.45) is 5.41 Å². The van der Waals surface area contributed by atoms with Gasteiger partial charge in [0.2, 0.25) is 0 Å². The van der Waals surface area contributed by atoms with Crippen LogP contribution >= 0.6 is 0 Å². The van der Waals surface area contributed by atoms with Gasteiger partial charge in [0, 0.05) is 0 Å². The summed E-state index contributed by atoms with van der Waals surface area (Å²) >= 11 is 0. The van der Waals surface area contributed by atoms with Crippen molar-refractivity contribution in [3.8, 4) is 17.2 Å². The number of allylic oxidation sites excluding steroid dienone is 6. The van der Waals surface area contributed by atoms with Gasteiger partial charge in [-0.25, -0.2) is 5.57 Å². The topological polar surface area (TPSA) is 69.2 Å². The molecule has 0 N–H and O–H groups in total. The Balaban J connectivity index is 0.000000333. The predicted molar refractivity (Wildman–Crippen MR) is 203 cm³/mol. The van der Waals surface area contributed by atoms with Gasteiger partial charge < -0.3 is 15.3 Å². The summed E-state index contributed by atoms with van der Waals surface area (Å²) in [5.74, 6) is 0.215. The zero-order chi connectivity index (χ0) is 36.1. The van der Waals surface area contributed by atoms with Crippen molar-refractivity contribution in [2.75, 3.05) is 0 Å². The molecular weight excluding hydrogens is 648 g/mol. The first kappa shape index (κ1) is 43.2. The quantitative estimate of drug-likeness (QED) is 0.107. The first-order chi connectivity index (χ1) is 23.4. The van der Waals surface area contributed by atoms with Crippen LogP contribution in [0.25, 0.3) is 12.2 Å². The minimum atomic E-state index is 0. The van der Waals surface area contributed by atoms with Crippen molar-refractivity contribution in [1.29, 1.82) is 0 Å². The smallest absolute Gasteiger partial charge is 0.872 e. The molecule has 6 rings (SSSR count). The van der Waals surface area contributed by atoms with Gasteiger partial charge >= 0.3 is 21.7 Å². The Morgan fingerprint density at radius 1 is 0.460 bits per heavy atom. The van der Waals surface area contributed by atoms with Crippen molar-refractivity contribution >= 4 is 12.2 Å². The molecule has 0 unspecified atom stereocenters. The van der Waals surface area contributed by atoms with Crippen LogP contribution in [0.15, 0.2) is 168 Å². The number of para-hydroxylation sites is 3. The Labute approximate surface area is 315 Å². The maximum absolute atomic E-state index is 10.3. The SMILES string of the molecule is CC1=[C-]C(C)(C)C(C)=C1C.Cc1ccc(C=CC=Cc2ccc(C)cc2)cc1.[O-]c1ccccc1.[O-]c1ccccc1.[O-]c1ccccc1.[Ti+4]. The van der Waals surface area contributed by atoms with Crippen LogP contribution in [0, 0.1) is 25.3 Å². The van der Waals surface area contributed by atoms with Crippen LogP contribution in [0.1, 0.15) is 56.9 Å². The average molecular weight is 697 g/mol. The first-order valence-corrected chi connectivity index (χ1v) is 16.3. The van der Waals surface area contributed by atoms with Crippen LogP contribution in [-0.4, -0.2) is 0 Å². The maximum atomic E-state index is 10.3. The minimum Gasteiger partial charge on any atom is -0.872 e. The Hall–Kier alpha value is -4.83. The second-order valence-corrected chi connectivity index (χ2v) is 12.1. The summed E-state index contributed by atoms with van der Waals surface area (Å²) in [6, 6.07) is 42.0. The Kier molecular flexibility index (Phi) is 20.3.